The van der Waals surface area contributed by atoms with E-state index in [0.717, 1.165) is 6.42 Å². The third kappa shape index (κ3) is 4.83. The summed E-state index contributed by atoms with van der Waals surface area (Å²) >= 11 is 4.03. The number of hydrogen-bond acceptors (Lipinski definition) is 4. The van der Waals surface area contributed by atoms with Gasteiger partial charge in [-0.2, -0.15) is 12.6 Å². The highest BCUT2D eigenvalue weighted by Crippen LogP contribution is 2.07. The molecule has 0 aromatic rings. The van der Waals surface area contributed by atoms with Gasteiger partial charge in [0.1, 0.15) is 6.04 Å². The first-order chi connectivity index (χ1) is 6.52. The molecule has 0 rings (SSSR count). The van der Waals surface area contributed by atoms with Crippen LogP contribution in [-0.4, -0.2) is 35.5 Å². The van der Waals surface area contributed by atoms with Crippen molar-refractivity contribution in [1.82, 2.24) is 5.32 Å². The maximum absolute atomic E-state index is 10.9. The van der Waals surface area contributed by atoms with Crippen LogP contribution >= 0.6 is 12.6 Å². The van der Waals surface area contributed by atoms with E-state index in [0.29, 0.717) is 12.3 Å². The molecule has 14 heavy (non-hydrogen) atoms. The normalized spacial score (nSPS) is 17.4. The first kappa shape index (κ1) is 13.7. The third-order valence-corrected chi connectivity index (χ3v) is 2.78. The van der Waals surface area contributed by atoms with E-state index in [1.54, 1.807) is 0 Å². The molecular weight excluding hydrogens is 200 g/mol. The maximum atomic E-state index is 10.9. The largest absolute Gasteiger partial charge is 0.480 e. The lowest BCUT2D eigenvalue weighted by Crippen LogP contribution is -2.47. The Morgan fingerprint density at radius 1 is 1.64 bits per heavy atom. The molecule has 0 spiro atoms. The van der Waals surface area contributed by atoms with Crippen molar-refractivity contribution in [3.8, 4) is 0 Å². The van der Waals surface area contributed by atoms with Gasteiger partial charge in [0.05, 0.1) is 0 Å². The number of rotatable bonds is 7. The molecule has 0 aliphatic carbocycles. The van der Waals surface area contributed by atoms with Gasteiger partial charge in [-0.1, -0.05) is 20.3 Å². The molecule has 2 unspecified atom stereocenters. The minimum atomic E-state index is -0.814. The zero-order chi connectivity index (χ0) is 11.1. The number of nitrogens with one attached hydrogen (secondary N) is 1. The lowest BCUT2D eigenvalue weighted by molar-refractivity contribution is -0.140. The summed E-state index contributed by atoms with van der Waals surface area (Å²) in [5.74, 6) is -0.148. The minimum absolute atomic E-state index is 0.0933. The second-order valence-electron chi connectivity index (χ2n) is 3.55. The van der Waals surface area contributed by atoms with E-state index in [-0.39, 0.29) is 12.0 Å². The zero-order valence-electron chi connectivity index (χ0n) is 8.73. The van der Waals surface area contributed by atoms with Crippen LogP contribution in [-0.2, 0) is 4.79 Å². The average molecular weight is 220 g/mol. The van der Waals surface area contributed by atoms with Crippen molar-refractivity contribution in [3.05, 3.63) is 0 Å². The molecule has 3 atom stereocenters. The number of nitrogens with two attached hydrogens (primary N) is 1. The fourth-order valence-corrected chi connectivity index (χ4v) is 1.24. The summed E-state index contributed by atoms with van der Waals surface area (Å²) in [5, 5.41) is 11.9. The van der Waals surface area contributed by atoms with Crippen LogP contribution in [0.4, 0.5) is 0 Å². The van der Waals surface area contributed by atoms with Gasteiger partial charge in [0.25, 0.3) is 0 Å². The van der Waals surface area contributed by atoms with E-state index in [9.17, 15) is 4.79 Å². The van der Waals surface area contributed by atoms with Gasteiger partial charge in [0, 0.05) is 18.3 Å². The number of carbonyl (C=O) groups is 1. The van der Waals surface area contributed by atoms with Gasteiger partial charge in [-0.3, -0.25) is 4.79 Å². The monoisotopic (exact) mass is 220 g/mol. The van der Waals surface area contributed by atoms with Gasteiger partial charge in [-0.05, 0) is 5.92 Å². The van der Waals surface area contributed by atoms with Crippen molar-refractivity contribution >= 4 is 18.6 Å². The highest BCUT2D eigenvalue weighted by atomic mass is 32.1. The number of carboxylic acids is 1. The van der Waals surface area contributed by atoms with E-state index < -0.39 is 12.0 Å². The fraction of sp³-hybridized carbons (Fsp3) is 0.889. The molecule has 0 aromatic carbocycles. The fourth-order valence-electron chi connectivity index (χ4n) is 1.11. The van der Waals surface area contributed by atoms with Crippen molar-refractivity contribution in [2.24, 2.45) is 11.7 Å². The van der Waals surface area contributed by atoms with Crippen LogP contribution in [0.3, 0.4) is 0 Å². The summed E-state index contributed by atoms with van der Waals surface area (Å²) < 4.78 is 0. The van der Waals surface area contributed by atoms with E-state index in [1.807, 2.05) is 13.8 Å². The summed E-state index contributed by atoms with van der Waals surface area (Å²) in [4.78, 5) is 10.9. The average Bonchev–Trinajstić information content (AvgIpc) is 2.16. The predicted octanol–water partition coefficient (Wildman–Crippen LogP) is 0.332. The van der Waals surface area contributed by atoms with Gasteiger partial charge in [0.15, 0.2) is 0 Å². The van der Waals surface area contributed by atoms with Crippen LogP contribution in [0.5, 0.6) is 0 Å². The van der Waals surface area contributed by atoms with E-state index in [4.69, 9.17) is 10.8 Å². The van der Waals surface area contributed by atoms with Crippen molar-refractivity contribution in [2.75, 3.05) is 12.3 Å². The first-order valence-corrected chi connectivity index (χ1v) is 5.48. The van der Waals surface area contributed by atoms with Crippen LogP contribution in [0.25, 0.3) is 0 Å². The number of aliphatic carboxylic acids is 1. The van der Waals surface area contributed by atoms with Crippen molar-refractivity contribution < 1.29 is 9.90 Å². The van der Waals surface area contributed by atoms with Gasteiger partial charge in [0.2, 0.25) is 0 Å². The van der Waals surface area contributed by atoms with Crippen molar-refractivity contribution in [3.63, 3.8) is 0 Å². The van der Waals surface area contributed by atoms with Crippen LogP contribution in [0, 0.1) is 5.92 Å². The molecule has 0 saturated heterocycles. The molecule has 0 aliphatic rings. The molecule has 4 nitrogen and oxygen atoms in total. The Balaban J connectivity index is 4.04. The summed E-state index contributed by atoms with van der Waals surface area (Å²) in [6.07, 6.45) is 0.833. The lowest BCUT2D eigenvalue weighted by Gasteiger charge is -2.21. The summed E-state index contributed by atoms with van der Waals surface area (Å²) in [5.41, 5.74) is 5.63. The van der Waals surface area contributed by atoms with Crippen LogP contribution in [0.2, 0.25) is 0 Å². The summed E-state index contributed by atoms with van der Waals surface area (Å²) in [6.45, 7) is 4.38. The molecule has 0 saturated carbocycles. The molecule has 0 aromatic heterocycles. The predicted molar refractivity (Wildman–Crippen MR) is 60.7 cm³/mol. The number of hydrogen-bond donors (Lipinski definition) is 4. The second kappa shape index (κ2) is 7.09. The molecule has 0 heterocycles. The Morgan fingerprint density at radius 2 is 2.21 bits per heavy atom. The molecule has 0 bridgehead atoms. The molecular formula is C9H20N2O2S. The van der Waals surface area contributed by atoms with E-state index >= 15 is 0 Å². The van der Waals surface area contributed by atoms with Crippen molar-refractivity contribution in [1.29, 1.82) is 0 Å². The Morgan fingerprint density at radius 3 is 2.57 bits per heavy atom. The van der Waals surface area contributed by atoms with E-state index in [2.05, 4.69) is 17.9 Å². The van der Waals surface area contributed by atoms with Gasteiger partial charge >= 0.3 is 5.97 Å². The first-order valence-electron chi connectivity index (χ1n) is 4.85. The van der Waals surface area contributed by atoms with Crippen LogP contribution in [0.1, 0.15) is 20.3 Å². The molecule has 0 amide bonds. The molecule has 0 aliphatic heterocycles. The Labute approximate surface area is 90.7 Å². The van der Waals surface area contributed by atoms with Crippen molar-refractivity contribution in [2.45, 2.75) is 32.4 Å². The minimum Gasteiger partial charge on any atom is -0.480 e. The highest BCUT2D eigenvalue weighted by Gasteiger charge is 2.22. The highest BCUT2D eigenvalue weighted by molar-refractivity contribution is 7.80. The number of carboxylic acid groups (broad SMARTS) is 1. The maximum Gasteiger partial charge on any atom is 0.320 e. The topological polar surface area (TPSA) is 75.3 Å². The Bertz CT molecular complexity index is 178. The van der Waals surface area contributed by atoms with Gasteiger partial charge in [-0.25, -0.2) is 0 Å². The van der Waals surface area contributed by atoms with Crippen LogP contribution in [0.15, 0.2) is 0 Å². The Kier molecular flexibility index (Phi) is 6.96. The second-order valence-corrected chi connectivity index (χ2v) is 3.92. The number of thiol groups is 1. The summed E-state index contributed by atoms with van der Waals surface area (Å²) in [6, 6.07) is -0.602. The lowest BCUT2D eigenvalue weighted by atomic mass is 9.99. The zero-order valence-corrected chi connectivity index (χ0v) is 9.63. The van der Waals surface area contributed by atoms with Gasteiger partial charge < -0.3 is 16.2 Å². The molecule has 0 radical (unpaired) electrons. The smallest absolute Gasteiger partial charge is 0.320 e. The Hall–Kier alpha value is -0.260. The SMILES string of the molecule is CCC(C)[C@H](NCC(N)CS)C(=O)O. The standard InChI is InChI=1S/C9H20N2O2S/c1-3-6(2)8(9(12)13)11-4-7(10)5-14/h6-8,11,14H,3-5,10H2,1-2H3,(H,12,13)/t6?,7?,8-/m0/s1. The third-order valence-electron chi connectivity index (χ3n) is 2.31. The van der Waals surface area contributed by atoms with E-state index in [1.165, 1.54) is 0 Å². The molecule has 5 heteroatoms. The van der Waals surface area contributed by atoms with Crippen LogP contribution < -0.4 is 11.1 Å². The molecule has 4 N–H and O–H groups in total. The quantitative estimate of drug-likeness (QED) is 0.467. The molecule has 0 fully saturated rings. The van der Waals surface area contributed by atoms with Gasteiger partial charge in [-0.15, -0.1) is 0 Å². The summed E-state index contributed by atoms with van der Waals surface area (Å²) in [7, 11) is 0. The molecule has 84 valence electrons.